The van der Waals surface area contributed by atoms with Crippen LogP contribution in [0.25, 0.3) is 11.5 Å². The van der Waals surface area contributed by atoms with Crippen molar-refractivity contribution in [3.63, 3.8) is 0 Å². The van der Waals surface area contributed by atoms with Gasteiger partial charge in [-0.1, -0.05) is 6.92 Å². The first-order valence-electron chi connectivity index (χ1n) is 11.0. The van der Waals surface area contributed by atoms with E-state index >= 15 is 0 Å². The Hall–Kier alpha value is -3.20. The second-order valence-corrected chi connectivity index (χ2v) is 10.2. The Morgan fingerprint density at radius 2 is 1.82 bits per heavy atom. The summed E-state index contributed by atoms with van der Waals surface area (Å²) in [7, 11) is -2.39. The van der Waals surface area contributed by atoms with Crippen molar-refractivity contribution in [2.24, 2.45) is 5.92 Å². The fraction of sp³-hybridized carbons (Fsp3) is 0.375. The van der Waals surface area contributed by atoms with Crippen LogP contribution in [0.3, 0.4) is 0 Å². The molecule has 9 heteroatoms. The largest absolute Gasteiger partial charge is 0.497 e. The second kappa shape index (κ2) is 8.62. The number of sulfone groups is 1. The van der Waals surface area contributed by atoms with Crippen LogP contribution in [0.1, 0.15) is 19.8 Å². The highest BCUT2D eigenvalue weighted by Gasteiger charge is 2.33. The Kier molecular flexibility index (Phi) is 5.65. The normalized spacial score (nSPS) is 18.2. The van der Waals surface area contributed by atoms with Gasteiger partial charge in [-0.3, -0.25) is 0 Å². The quantitative estimate of drug-likeness (QED) is 0.548. The molecule has 5 rings (SSSR count). The highest BCUT2D eigenvalue weighted by atomic mass is 32.2. The Labute approximate surface area is 193 Å². The summed E-state index contributed by atoms with van der Waals surface area (Å²) < 4.78 is 50.0. The molecule has 33 heavy (non-hydrogen) atoms. The van der Waals surface area contributed by atoms with Crippen molar-refractivity contribution in [2.75, 3.05) is 38.3 Å². The molecule has 1 aromatic heterocycles. The number of oxazole rings is 1. The Bertz CT molecular complexity index is 1250. The Morgan fingerprint density at radius 1 is 1.06 bits per heavy atom. The zero-order valence-electron chi connectivity index (χ0n) is 18.6. The Balaban J connectivity index is 1.60. The van der Waals surface area contributed by atoms with Gasteiger partial charge in [-0.2, -0.15) is 4.98 Å². The minimum absolute atomic E-state index is 0.0842. The molecular formula is C24H26N2O6S. The first-order valence-corrected chi connectivity index (χ1v) is 12.5. The Morgan fingerprint density at radius 3 is 2.55 bits per heavy atom. The fourth-order valence-corrected chi connectivity index (χ4v) is 5.54. The van der Waals surface area contributed by atoms with E-state index in [2.05, 4.69) is 11.9 Å². The molecule has 0 amide bonds. The van der Waals surface area contributed by atoms with Gasteiger partial charge in [-0.05, 0) is 55.2 Å². The van der Waals surface area contributed by atoms with Crippen LogP contribution in [-0.4, -0.2) is 46.8 Å². The number of fused-ring (bicyclic) bond motifs is 1. The summed E-state index contributed by atoms with van der Waals surface area (Å²) >= 11 is 0. The minimum atomic E-state index is -3.98. The predicted molar refractivity (Wildman–Crippen MR) is 122 cm³/mol. The lowest BCUT2D eigenvalue weighted by Crippen LogP contribution is -2.34. The molecule has 1 fully saturated rings. The van der Waals surface area contributed by atoms with Crippen LogP contribution in [0.15, 0.2) is 56.8 Å². The molecule has 8 nitrogen and oxygen atoms in total. The zero-order valence-corrected chi connectivity index (χ0v) is 19.4. The van der Waals surface area contributed by atoms with Gasteiger partial charge in [-0.25, -0.2) is 8.42 Å². The van der Waals surface area contributed by atoms with Crippen LogP contribution < -0.4 is 19.1 Å². The molecule has 2 aliphatic rings. The first kappa shape index (κ1) is 21.6. The van der Waals surface area contributed by atoms with Gasteiger partial charge >= 0.3 is 0 Å². The number of anilines is 1. The van der Waals surface area contributed by atoms with Crippen LogP contribution in [0, 0.1) is 5.92 Å². The van der Waals surface area contributed by atoms with E-state index in [4.69, 9.17) is 18.6 Å². The lowest BCUT2D eigenvalue weighted by molar-refractivity contribution is 0.171. The predicted octanol–water partition coefficient (Wildman–Crippen LogP) is 4.19. The third-order valence-corrected chi connectivity index (χ3v) is 7.59. The summed E-state index contributed by atoms with van der Waals surface area (Å²) in [6, 6.07) is 11.8. The van der Waals surface area contributed by atoms with Crippen molar-refractivity contribution in [1.29, 1.82) is 0 Å². The molecule has 0 bridgehead atoms. The average molecular weight is 471 g/mol. The van der Waals surface area contributed by atoms with Crippen molar-refractivity contribution in [3.05, 3.63) is 42.5 Å². The number of nitrogens with zero attached hydrogens (tertiary/aromatic N) is 2. The topological polar surface area (TPSA) is 91.1 Å². The van der Waals surface area contributed by atoms with Gasteiger partial charge in [0.15, 0.2) is 11.5 Å². The van der Waals surface area contributed by atoms with E-state index < -0.39 is 9.84 Å². The van der Waals surface area contributed by atoms with Gasteiger partial charge in [-0.15, -0.1) is 0 Å². The molecule has 2 aromatic carbocycles. The maximum atomic E-state index is 13.7. The van der Waals surface area contributed by atoms with Crippen molar-refractivity contribution in [1.82, 2.24) is 4.98 Å². The summed E-state index contributed by atoms with van der Waals surface area (Å²) in [5.41, 5.74) is 0.672. The summed E-state index contributed by atoms with van der Waals surface area (Å²) in [5, 5.41) is -0.0842. The fourth-order valence-electron chi connectivity index (χ4n) is 4.21. The molecule has 3 heterocycles. The highest BCUT2D eigenvalue weighted by Crippen LogP contribution is 2.39. The molecule has 1 saturated heterocycles. The lowest BCUT2D eigenvalue weighted by atomic mass is 10.0. The van der Waals surface area contributed by atoms with Crippen molar-refractivity contribution in [3.8, 4) is 28.7 Å². The number of hydrogen-bond donors (Lipinski definition) is 0. The summed E-state index contributed by atoms with van der Waals surface area (Å²) in [6.45, 7) is 4.39. The highest BCUT2D eigenvalue weighted by molar-refractivity contribution is 7.91. The van der Waals surface area contributed by atoms with Crippen LogP contribution in [-0.2, 0) is 9.84 Å². The molecule has 0 spiro atoms. The minimum Gasteiger partial charge on any atom is -0.497 e. The number of benzene rings is 2. The maximum absolute atomic E-state index is 13.7. The van der Waals surface area contributed by atoms with E-state index in [0.29, 0.717) is 55.0 Å². The summed E-state index contributed by atoms with van der Waals surface area (Å²) in [5.74, 6) is 2.60. The van der Waals surface area contributed by atoms with Gasteiger partial charge in [0.25, 0.3) is 0 Å². The molecule has 1 atom stereocenters. The molecule has 0 saturated carbocycles. The van der Waals surface area contributed by atoms with Gasteiger partial charge in [0.05, 0.1) is 12.0 Å². The zero-order chi connectivity index (χ0) is 23.0. The lowest BCUT2D eigenvalue weighted by Gasteiger charge is -2.30. The molecule has 0 radical (unpaired) electrons. The number of aromatic nitrogens is 1. The maximum Gasteiger partial charge on any atom is 0.236 e. The van der Waals surface area contributed by atoms with E-state index in [1.165, 1.54) is 12.1 Å². The molecule has 2 aliphatic heterocycles. The monoisotopic (exact) mass is 470 g/mol. The van der Waals surface area contributed by atoms with Crippen LogP contribution in [0.4, 0.5) is 5.88 Å². The van der Waals surface area contributed by atoms with Crippen LogP contribution in [0.5, 0.6) is 17.2 Å². The first-order chi connectivity index (χ1) is 16.0. The van der Waals surface area contributed by atoms with E-state index in [1.54, 1.807) is 37.4 Å². The molecule has 1 unspecified atom stereocenters. The van der Waals surface area contributed by atoms with Crippen molar-refractivity contribution in [2.45, 2.75) is 29.7 Å². The van der Waals surface area contributed by atoms with Crippen molar-refractivity contribution < 1.29 is 27.0 Å². The van der Waals surface area contributed by atoms with Gasteiger partial charge in [0.1, 0.15) is 19.0 Å². The van der Waals surface area contributed by atoms with E-state index in [1.807, 2.05) is 4.90 Å². The van der Waals surface area contributed by atoms with E-state index in [-0.39, 0.29) is 21.7 Å². The third-order valence-electron chi connectivity index (χ3n) is 5.94. The molecular weight excluding hydrogens is 444 g/mol. The van der Waals surface area contributed by atoms with Crippen molar-refractivity contribution >= 4 is 15.7 Å². The number of rotatable bonds is 5. The number of methoxy groups -OCH3 is 1. The molecule has 174 valence electrons. The second-order valence-electron chi connectivity index (χ2n) is 8.36. The van der Waals surface area contributed by atoms with E-state index in [0.717, 1.165) is 12.8 Å². The van der Waals surface area contributed by atoms with Crippen LogP contribution >= 0.6 is 0 Å². The average Bonchev–Trinajstić information content (AvgIpc) is 3.30. The number of hydrogen-bond acceptors (Lipinski definition) is 8. The van der Waals surface area contributed by atoms with E-state index in [9.17, 15) is 8.42 Å². The SMILES string of the molecule is COc1ccc(-c2nc(S(=O)(=O)c3ccc4c(c3)OCCO4)c(N3CCCC(C)C3)o2)cc1. The number of ether oxygens (including phenoxy) is 3. The number of piperidine rings is 1. The molecule has 0 N–H and O–H groups in total. The third kappa shape index (κ3) is 4.13. The smallest absolute Gasteiger partial charge is 0.236 e. The van der Waals surface area contributed by atoms with Gasteiger partial charge in [0, 0.05) is 24.7 Å². The molecule has 3 aromatic rings. The van der Waals surface area contributed by atoms with Crippen LogP contribution in [0.2, 0.25) is 0 Å². The van der Waals surface area contributed by atoms with Gasteiger partial charge in [0.2, 0.25) is 26.6 Å². The summed E-state index contributed by atoms with van der Waals surface area (Å²) in [4.78, 5) is 6.56. The molecule has 0 aliphatic carbocycles. The van der Waals surface area contributed by atoms with Gasteiger partial charge < -0.3 is 23.5 Å². The summed E-state index contributed by atoms with van der Waals surface area (Å²) in [6.07, 6.45) is 2.06. The standard InChI is InChI=1S/C24H26N2O6S/c1-16-4-3-11-26(15-16)24-23(25-22(32-24)17-5-7-18(29-2)8-6-17)33(27,28)19-9-10-20-21(14-19)31-13-12-30-20/h5-10,14,16H,3-4,11-13,15H2,1-2H3.